The number of rotatable bonds is 39. The first-order valence-corrected chi connectivity index (χ1v) is 22.6. The van der Waals surface area contributed by atoms with Crippen molar-refractivity contribution in [2.24, 2.45) is 0 Å². The molecule has 0 fully saturated rings. The summed E-state index contributed by atoms with van der Waals surface area (Å²) in [4.78, 5) is 22.8. The summed E-state index contributed by atoms with van der Waals surface area (Å²) in [6.07, 6.45) is 40.1. The van der Waals surface area contributed by atoms with Crippen molar-refractivity contribution in [2.45, 2.75) is 193 Å². The smallest absolute Gasteiger partial charge is 0.472 e. The Morgan fingerprint density at radius 2 is 1.04 bits per heavy atom. The summed E-state index contributed by atoms with van der Waals surface area (Å²) in [6, 6.07) is 0. The van der Waals surface area contributed by atoms with Gasteiger partial charge >= 0.3 is 13.8 Å². The zero-order valence-corrected chi connectivity index (χ0v) is 35.0. The Labute approximate surface area is 315 Å². The number of hydrogen-bond donors (Lipinski definition) is 1. The van der Waals surface area contributed by atoms with E-state index in [-0.39, 0.29) is 25.8 Å². The van der Waals surface area contributed by atoms with Crippen LogP contribution in [0.5, 0.6) is 0 Å². The molecule has 0 rings (SSSR count). The summed E-state index contributed by atoms with van der Waals surface area (Å²) in [5.74, 6) is -0.343. The normalized spacial score (nSPS) is 14.0. The standard InChI is InChI=1S/C42H82NO7P/c1-6-8-10-12-14-16-18-20-22-23-25-27-29-31-33-35-42(44)50-41(40-49-51(45,46)48-38-36-43(3,4)5)39-47-37-34-32-30-28-26-24-21-19-17-15-13-11-9-7-2/h20,22,34,37,41H,6-19,21,23-33,35-36,38-40H2,1-5H3/p+1/b22-20-,37-34-/t41-/m1/s1. The van der Waals surface area contributed by atoms with Crippen molar-refractivity contribution in [3.8, 4) is 0 Å². The van der Waals surface area contributed by atoms with Crippen LogP contribution in [0.2, 0.25) is 0 Å². The fourth-order valence-electron chi connectivity index (χ4n) is 5.75. The van der Waals surface area contributed by atoms with Gasteiger partial charge in [0, 0.05) is 6.42 Å². The molecule has 0 saturated heterocycles. The van der Waals surface area contributed by atoms with Gasteiger partial charge in [0.05, 0.1) is 34.0 Å². The lowest BCUT2D eigenvalue weighted by Gasteiger charge is -2.24. The maximum atomic E-state index is 12.6. The Kier molecular flexibility index (Phi) is 35.0. The Hall–Kier alpha value is -1.18. The molecule has 0 saturated carbocycles. The molecule has 1 unspecified atom stereocenters. The summed E-state index contributed by atoms with van der Waals surface area (Å²) in [5, 5.41) is 0. The van der Waals surface area contributed by atoms with Crippen molar-refractivity contribution in [1.29, 1.82) is 0 Å². The zero-order chi connectivity index (χ0) is 37.7. The molecule has 0 aromatic carbocycles. The van der Waals surface area contributed by atoms with Crippen molar-refractivity contribution in [2.75, 3.05) is 47.5 Å². The Morgan fingerprint density at radius 3 is 1.51 bits per heavy atom. The van der Waals surface area contributed by atoms with Crippen molar-refractivity contribution >= 4 is 13.8 Å². The predicted octanol–water partition coefficient (Wildman–Crippen LogP) is 12.4. The molecule has 0 amide bonds. The number of likely N-dealkylation sites (N-methyl/N-ethyl adjacent to an activating group) is 1. The van der Waals surface area contributed by atoms with Crippen molar-refractivity contribution in [3.05, 3.63) is 24.5 Å². The van der Waals surface area contributed by atoms with Crippen LogP contribution in [-0.2, 0) is 27.9 Å². The summed E-state index contributed by atoms with van der Waals surface area (Å²) >= 11 is 0. The van der Waals surface area contributed by atoms with Gasteiger partial charge in [-0.3, -0.25) is 13.8 Å². The molecule has 0 aromatic heterocycles. The summed E-state index contributed by atoms with van der Waals surface area (Å²) < 4.78 is 34.7. The lowest BCUT2D eigenvalue weighted by Crippen LogP contribution is -2.37. The minimum atomic E-state index is -4.29. The first-order valence-electron chi connectivity index (χ1n) is 21.1. The van der Waals surface area contributed by atoms with Gasteiger partial charge in [0.25, 0.3) is 0 Å². The van der Waals surface area contributed by atoms with E-state index in [1.54, 1.807) is 6.26 Å². The number of unbranched alkanes of at least 4 members (excludes halogenated alkanes) is 23. The van der Waals surface area contributed by atoms with Crippen LogP contribution in [0.15, 0.2) is 24.5 Å². The molecule has 302 valence electrons. The fourth-order valence-corrected chi connectivity index (χ4v) is 6.49. The quantitative estimate of drug-likeness (QED) is 0.0167. The second-order valence-electron chi connectivity index (χ2n) is 15.4. The molecule has 0 aliphatic heterocycles. The summed E-state index contributed by atoms with van der Waals surface area (Å²) in [6.45, 7) is 4.92. The van der Waals surface area contributed by atoms with Crippen LogP contribution in [0.4, 0.5) is 0 Å². The van der Waals surface area contributed by atoms with E-state index in [4.69, 9.17) is 18.5 Å². The molecule has 0 radical (unpaired) electrons. The minimum Gasteiger partial charge on any atom is -0.498 e. The molecular weight excluding hydrogens is 661 g/mol. The number of phosphoric ester groups is 1. The van der Waals surface area contributed by atoms with E-state index in [0.717, 1.165) is 44.9 Å². The molecular formula is C42H83NO7P+. The first-order chi connectivity index (χ1) is 24.6. The topological polar surface area (TPSA) is 91.3 Å². The molecule has 0 aliphatic rings. The van der Waals surface area contributed by atoms with Gasteiger partial charge < -0.3 is 18.9 Å². The number of carbonyl (C=O) groups excluding carboxylic acids is 1. The second-order valence-corrected chi connectivity index (χ2v) is 16.9. The van der Waals surface area contributed by atoms with Crippen molar-refractivity contribution < 1.29 is 37.3 Å². The number of phosphoric acid groups is 1. The third-order valence-corrected chi connectivity index (χ3v) is 10.1. The van der Waals surface area contributed by atoms with Gasteiger partial charge in [0.15, 0.2) is 6.10 Å². The maximum absolute atomic E-state index is 12.6. The lowest BCUT2D eigenvalue weighted by atomic mass is 10.0. The lowest BCUT2D eigenvalue weighted by molar-refractivity contribution is -0.870. The summed E-state index contributed by atoms with van der Waals surface area (Å²) in [5.41, 5.74) is 0. The van der Waals surface area contributed by atoms with Crippen LogP contribution in [0.25, 0.3) is 0 Å². The van der Waals surface area contributed by atoms with Crippen LogP contribution < -0.4 is 0 Å². The van der Waals surface area contributed by atoms with E-state index < -0.39 is 13.9 Å². The Morgan fingerprint density at radius 1 is 0.608 bits per heavy atom. The van der Waals surface area contributed by atoms with Crippen LogP contribution in [0.3, 0.4) is 0 Å². The molecule has 51 heavy (non-hydrogen) atoms. The van der Waals surface area contributed by atoms with E-state index >= 15 is 0 Å². The largest absolute Gasteiger partial charge is 0.498 e. The molecule has 0 aliphatic carbocycles. The van der Waals surface area contributed by atoms with E-state index in [0.29, 0.717) is 17.4 Å². The van der Waals surface area contributed by atoms with E-state index in [1.165, 1.54) is 122 Å². The average molecular weight is 745 g/mol. The van der Waals surface area contributed by atoms with Crippen molar-refractivity contribution in [1.82, 2.24) is 0 Å². The number of allylic oxidation sites excluding steroid dienone is 3. The molecule has 0 aromatic rings. The zero-order valence-electron chi connectivity index (χ0n) is 34.1. The van der Waals surface area contributed by atoms with E-state index in [1.807, 2.05) is 27.2 Å². The predicted molar refractivity (Wildman–Crippen MR) is 215 cm³/mol. The molecule has 0 spiro atoms. The fraction of sp³-hybridized carbons (Fsp3) is 0.881. The van der Waals surface area contributed by atoms with Gasteiger partial charge in [-0.1, -0.05) is 148 Å². The number of esters is 1. The monoisotopic (exact) mass is 745 g/mol. The third-order valence-electron chi connectivity index (χ3n) is 9.08. The van der Waals surface area contributed by atoms with Crippen LogP contribution in [0, 0.1) is 0 Å². The number of ether oxygens (including phenoxy) is 2. The number of hydrogen-bond acceptors (Lipinski definition) is 6. The molecule has 2 atom stereocenters. The molecule has 1 N–H and O–H groups in total. The number of carbonyl (C=O) groups is 1. The third kappa shape index (κ3) is 39.9. The van der Waals surface area contributed by atoms with Crippen LogP contribution >= 0.6 is 7.82 Å². The van der Waals surface area contributed by atoms with E-state index in [2.05, 4.69) is 26.0 Å². The molecule has 9 heteroatoms. The number of nitrogens with zero attached hydrogens (tertiary/aromatic N) is 1. The highest BCUT2D eigenvalue weighted by molar-refractivity contribution is 7.47. The SMILES string of the molecule is CCCCCCCC/C=C\CCCCCCCC(=O)O[C@H](CO/C=C\CCCCCCCCCCCCCC)COP(=O)(O)OCC[N+](C)(C)C. The van der Waals surface area contributed by atoms with Crippen molar-refractivity contribution in [3.63, 3.8) is 0 Å². The van der Waals surface area contributed by atoms with Crippen LogP contribution in [0.1, 0.15) is 187 Å². The van der Waals surface area contributed by atoms with Gasteiger partial charge in [-0.25, -0.2) is 4.57 Å². The van der Waals surface area contributed by atoms with Gasteiger partial charge in [-0.05, 0) is 51.0 Å². The Bertz CT molecular complexity index is 874. The van der Waals surface area contributed by atoms with Gasteiger partial charge in [0.2, 0.25) is 0 Å². The van der Waals surface area contributed by atoms with Gasteiger partial charge in [0.1, 0.15) is 19.8 Å². The molecule has 8 nitrogen and oxygen atoms in total. The molecule has 0 heterocycles. The minimum absolute atomic E-state index is 0.0476. The Balaban J connectivity index is 4.32. The number of quaternary nitrogens is 1. The highest BCUT2D eigenvalue weighted by Crippen LogP contribution is 2.43. The highest BCUT2D eigenvalue weighted by atomic mass is 31.2. The maximum Gasteiger partial charge on any atom is 0.472 e. The second kappa shape index (κ2) is 35.8. The highest BCUT2D eigenvalue weighted by Gasteiger charge is 2.26. The average Bonchev–Trinajstić information content (AvgIpc) is 3.08. The first kappa shape index (κ1) is 49.8. The molecule has 0 bridgehead atoms. The van der Waals surface area contributed by atoms with E-state index in [9.17, 15) is 14.3 Å². The van der Waals surface area contributed by atoms with Gasteiger partial charge in [-0.2, -0.15) is 0 Å². The summed E-state index contributed by atoms with van der Waals surface area (Å²) in [7, 11) is 1.63. The van der Waals surface area contributed by atoms with Gasteiger partial charge in [-0.15, -0.1) is 0 Å². The van der Waals surface area contributed by atoms with Crippen LogP contribution in [-0.4, -0.2) is 69.0 Å².